The Morgan fingerprint density at radius 1 is 1.43 bits per heavy atom. The molecule has 0 bridgehead atoms. The van der Waals surface area contributed by atoms with Gasteiger partial charge in [-0.2, -0.15) is 4.31 Å². The number of hydrogen-bond donors (Lipinski definition) is 1. The lowest BCUT2D eigenvalue weighted by Gasteiger charge is -2.33. The van der Waals surface area contributed by atoms with E-state index < -0.39 is 16.0 Å². The summed E-state index contributed by atoms with van der Waals surface area (Å²) in [5.41, 5.74) is 0.765. The average Bonchev–Trinajstić information content (AvgIpc) is 2.47. The first kappa shape index (κ1) is 15.9. The summed E-state index contributed by atoms with van der Waals surface area (Å²) in [5.74, 6) is -0.711. The fraction of sp³-hybridized carbons (Fsp3) is 0.500. The smallest absolute Gasteiger partial charge is 0.338 e. The van der Waals surface area contributed by atoms with E-state index in [0.29, 0.717) is 30.8 Å². The number of rotatable bonds is 4. The zero-order valence-corrected chi connectivity index (χ0v) is 13.0. The van der Waals surface area contributed by atoms with Gasteiger partial charge in [0.05, 0.1) is 18.4 Å². The SMILES string of the molecule is COC(=O)c1ccccc1CS(=O)(=O)N1CCNCC1C. The van der Waals surface area contributed by atoms with Gasteiger partial charge >= 0.3 is 5.97 Å². The van der Waals surface area contributed by atoms with Gasteiger partial charge in [-0.15, -0.1) is 0 Å². The third-order valence-electron chi connectivity index (χ3n) is 3.56. The molecular weight excluding hydrogens is 292 g/mol. The largest absolute Gasteiger partial charge is 0.465 e. The molecule has 0 amide bonds. The Kier molecular flexibility index (Phi) is 4.97. The molecule has 1 N–H and O–H groups in total. The molecule has 0 radical (unpaired) electrons. The Labute approximate surface area is 125 Å². The van der Waals surface area contributed by atoms with E-state index in [4.69, 9.17) is 4.74 Å². The molecule has 0 spiro atoms. The van der Waals surface area contributed by atoms with Crippen molar-refractivity contribution in [1.82, 2.24) is 9.62 Å². The second-order valence-corrected chi connectivity index (χ2v) is 6.99. The fourth-order valence-corrected chi connectivity index (χ4v) is 4.27. The van der Waals surface area contributed by atoms with Crippen molar-refractivity contribution in [2.45, 2.75) is 18.7 Å². The monoisotopic (exact) mass is 312 g/mol. The maximum atomic E-state index is 12.6. The minimum Gasteiger partial charge on any atom is -0.465 e. The molecule has 21 heavy (non-hydrogen) atoms. The topological polar surface area (TPSA) is 75.7 Å². The molecule has 0 aliphatic carbocycles. The number of benzene rings is 1. The van der Waals surface area contributed by atoms with Crippen molar-refractivity contribution in [2.24, 2.45) is 0 Å². The summed E-state index contributed by atoms with van der Waals surface area (Å²) < 4.78 is 31.3. The van der Waals surface area contributed by atoms with Crippen LogP contribution in [-0.2, 0) is 20.5 Å². The van der Waals surface area contributed by atoms with Gasteiger partial charge < -0.3 is 10.1 Å². The van der Waals surface area contributed by atoms with Crippen molar-refractivity contribution in [1.29, 1.82) is 0 Å². The Balaban J connectivity index is 2.26. The van der Waals surface area contributed by atoms with E-state index >= 15 is 0 Å². The van der Waals surface area contributed by atoms with Gasteiger partial charge in [0.15, 0.2) is 0 Å². The summed E-state index contributed by atoms with van der Waals surface area (Å²) in [6, 6.07) is 6.55. The number of nitrogens with zero attached hydrogens (tertiary/aromatic N) is 1. The molecular formula is C14H20N2O4S. The van der Waals surface area contributed by atoms with Gasteiger partial charge in [-0.25, -0.2) is 13.2 Å². The lowest BCUT2D eigenvalue weighted by molar-refractivity contribution is 0.0600. The molecule has 0 aromatic heterocycles. The highest BCUT2D eigenvalue weighted by Crippen LogP contribution is 2.18. The molecule has 7 heteroatoms. The van der Waals surface area contributed by atoms with Crippen molar-refractivity contribution < 1.29 is 17.9 Å². The predicted octanol–water partition coefficient (Wildman–Crippen LogP) is 0.597. The zero-order chi connectivity index (χ0) is 15.5. The van der Waals surface area contributed by atoms with E-state index in [-0.39, 0.29) is 11.8 Å². The van der Waals surface area contributed by atoms with Crippen LogP contribution in [0.5, 0.6) is 0 Å². The summed E-state index contributed by atoms with van der Waals surface area (Å²) >= 11 is 0. The van der Waals surface area contributed by atoms with Crippen molar-refractivity contribution in [2.75, 3.05) is 26.7 Å². The van der Waals surface area contributed by atoms with Gasteiger partial charge in [-0.3, -0.25) is 0 Å². The summed E-state index contributed by atoms with van der Waals surface area (Å²) in [7, 11) is -2.18. The van der Waals surface area contributed by atoms with Crippen LogP contribution in [0.15, 0.2) is 24.3 Å². The summed E-state index contributed by atoms with van der Waals surface area (Å²) in [6.45, 7) is 3.60. The first-order chi connectivity index (χ1) is 9.95. The lowest BCUT2D eigenvalue weighted by Crippen LogP contribution is -2.52. The summed E-state index contributed by atoms with van der Waals surface area (Å²) in [6.07, 6.45) is 0. The Bertz CT molecular complexity index is 615. The molecule has 0 saturated carbocycles. The standard InChI is InChI=1S/C14H20N2O4S/c1-11-9-15-7-8-16(11)21(18,19)10-12-5-3-4-6-13(12)14(17)20-2/h3-6,11,15H,7-10H2,1-2H3. The third-order valence-corrected chi connectivity index (χ3v) is 5.49. The van der Waals surface area contributed by atoms with E-state index in [1.54, 1.807) is 24.3 Å². The highest BCUT2D eigenvalue weighted by atomic mass is 32.2. The lowest BCUT2D eigenvalue weighted by atomic mass is 10.1. The van der Waals surface area contributed by atoms with E-state index in [1.807, 2.05) is 6.92 Å². The second kappa shape index (κ2) is 6.55. The molecule has 1 heterocycles. The van der Waals surface area contributed by atoms with Crippen molar-refractivity contribution >= 4 is 16.0 Å². The Hall–Kier alpha value is -1.44. The fourth-order valence-electron chi connectivity index (χ4n) is 2.47. The van der Waals surface area contributed by atoms with E-state index in [1.165, 1.54) is 11.4 Å². The van der Waals surface area contributed by atoms with E-state index in [0.717, 1.165) is 0 Å². The predicted molar refractivity (Wildman–Crippen MR) is 79.4 cm³/mol. The second-order valence-electron chi connectivity index (χ2n) is 5.07. The molecule has 2 rings (SSSR count). The number of piperazine rings is 1. The van der Waals surface area contributed by atoms with Crippen LogP contribution >= 0.6 is 0 Å². The van der Waals surface area contributed by atoms with Gasteiger partial charge in [0.1, 0.15) is 0 Å². The maximum Gasteiger partial charge on any atom is 0.338 e. The minimum atomic E-state index is -3.46. The van der Waals surface area contributed by atoms with Crippen molar-refractivity contribution in [3.05, 3.63) is 35.4 Å². The van der Waals surface area contributed by atoms with Gasteiger partial charge in [0.25, 0.3) is 0 Å². The number of sulfonamides is 1. The molecule has 1 aromatic rings. The van der Waals surface area contributed by atoms with Crippen molar-refractivity contribution in [3.8, 4) is 0 Å². The first-order valence-electron chi connectivity index (χ1n) is 6.82. The van der Waals surface area contributed by atoms with Gasteiger partial charge in [0.2, 0.25) is 10.0 Å². The van der Waals surface area contributed by atoms with Crippen LogP contribution in [0.4, 0.5) is 0 Å². The van der Waals surface area contributed by atoms with Gasteiger partial charge in [-0.05, 0) is 18.6 Å². The van der Waals surface area contributed by atoms with Crippen LogP contribution in [-0.4, -0.2) is 51.5 Å². The molecule has 1 atom stereocenters. The molecule has 1 aliphatic heterocycles. The molecule has 116 valence electrons. The molecule has 1 aliphatic rings. The van der Waals surface area contributed by atoms with Crippen LogP contribution in [0.25, 0.3) is 0 Å². The van der Waals surface area contributed by atoms with Gasteiger partial charge in [0, 0.05) is 25.7 Å². The molecule has 1 unspecified atom stereocenters. The average molecular weight is 312 g/mol. The maximum absolute atomic E-state index is 12.6. The molecule has 1 aromatic carbocycles. The van der Waals surface area contributed by atoms with E-state index in [9.17, 15) is 13.2 Å². The minimum absolute atomic E-state index is 0.0889. The highest BCUT2D eigenvalue weighted by molar-refractivity contribution is 7.88. The number of esters is 1. The number of methoxy groups -OCH3 is 1. The zero-order valence-electron chi connectivity index (χ0n) is 12.2. The van der Waals surface area contributed by atoms with Crippen LogP contribution in [0.1, 0.15) is 22.8 Å². The number of hydrogen-bond acceptors (Lipinski definition) is 5. The first-order valence-corrected chi connectivity index (χ1v) is 8.43. The van der Waals surface area contributed by atoms with Crippen LogP contribution in [0.3, 0.4) is 0 Å². The van der Waals surface area contributed by atoms with Crippen molar-refractivity contribution in [3.63, 3.8) is 0 Å². The highest BCUT2D eigenvalue weighted by Gasteiger charge is 2.30. The van der Waals surface area contributed by atoms with Crippen LogP contribution in [0.2, 0.25) is 0 Å². The van der Waals surface area contributed by atoms with Crippen LogP contribution < -0.4 is 5.32 Å². The number of carbonyl (C=O) groups excluding carboxylic acids is 1. The number of nitrogens with one attached hydrogen (secondary N) is 1. The Morgan fingerprint density at radius 3 is 2.81 bits per heavy atom. The van der Waals surface area contributed by atoms with E-state index in [2.05, 4.69) is 5.32 Å². The number of ether oxygens (including phenoxy) is 1. The molecule has 6 nitrogen and oxygen atoms in total. The third kappa shape index (κ3) is 3.61. The molecule has 1 fully saturated rings. The normalized spacial score (nSPS) is 20.2. The molecule has 1 saturated heterocycles. The van der Waals surface area contributed by atoms with Crippen LogP contribution in [0, 0.1) is 0 Å². The summed E-state index contributed by atoms with van der Waals surface area (Å²) in [5, 5.41) is 3.16. The quantitative estimate of drug-likeness (QED) is 0.824. The van der Waals surface area contributed by atoms with Gasteiger partial charge in [-0.1, -0.05) is 18.2 Å². The summed E-state index contributed by atoms with van der Waals surface area (Å²) in [4.78, 5) is 11.7. The number of carbonyl (C=O) groups is 1. The Morgan fingerprint density at radius 2 is 2.14 bits per heavy atom.